The van der Waals surface area contributed by atoms with Crippen molar-refractivity contribution in [3.63, 3.8) is 0 Å². The van der Waals surface area contributed by atoms with Crippen LogP contribution in [0.1, 0.15) is 34.6 Å². The average molecular weight is 306 g/mol. The summed E-state index contributed by atoms with van der Waals surface area (Å²) in [7, 11) is -2.07. The Balaban J connectivity index is 2.87. The van der Waals surface area contributed by atoms with Crippen LogP contribution in [0.4, 0.5) is 0 Å². The molecule has 0 saturated carbocycles. The van der Waals surface area contributed by atoms with E-state index in [9.17, 15) is 10.2 Å². The van der Waals surface area contributed by atoms with E-state index in [0.29, 0.717) is 6.61 Å². The van der Waals surface area contributed by atoms with Gasteiger partial charge in [0.15, 0.2) is 14.1 Å². The smallest absolute Gasteiger partial charge is 0.192 e. The van der Waals surface area contributed by atoms with Crippen molar-refractivity contribution in [2.75, 3.05) is 13.2 Å². The first-order valence-electron chi connectivity index (χ1n) is 7.18. The van der Waals surface area contributed by atoms with Crippen molar-refractivity contribution in [1.82, 2.24) is 0 Å². The van der Waals surface area contributed by atoms with Crippen molar-refractivity contribution in [2.45, 2.75) is 76.8 Å². The van der Waals surface area contributed by atoms with E-state index in [1.807, 2.05) is 13.8 Å². The second-order valence-electron chi connectivity index (χ2n) is 7.46. The first kappa shape index (κ1) is 18.1. The molecule has 1 unspecified atom stereocenters. The summed E-state index contributed by atoms with van der Waals surface area (Å²) in [6.07, 6.45) is -1.89. The fraction of sp³-hybridized carbons (Fsp3) is 1.00. The summed E-state index contributed by atoms with van der Waals surface area (Å²) in [6, 6.07) is 0. The minimum absolute atomic E-state index is 0.0232. The van der Waals surface area contributed by atoms with Gasteiger partial charge in [-0.2, -0.15) is 0 Å². The van der Waals surface area contributed by atoms with E-state index >= 15 is 0 Å². The van der Waals surface area contributed by atoms with Gasteiger partial charge in [-0.05, 0) is 32.0 Å². The molecule has 3 atom stereocenters. The Kier molecular flexibility index (Phi) is 5.44. The number of hydrogen-bond acceptors (Lipinski definition) is 5. The van der Waals surface area contributed by atoms with Crippen LogP contribution in [0.2, 0.25) is 18.1 Å². The van der Waals surface area contributed by atoms with Crippen LogP contribution in [0, 0.1) is 0 Å². The first-order chi connectivity index (χ1) is 8.89. The van der Waals surface area contributed by atoms with Gasteiger partial charge in [-0.25, -0.2) is 0 Å². The maximum atomic E-state index is 10.1. The summed E-state index contributed by atoms with van der Waals surface area (Å²) in [6.45, 7) is 14.3. The van der Waals surface area contributed by atoms with Gasteiger partial charge in [0.1, 0.15) is 18.3 Å². The summed E-state index contributed by atoms with van der Waals surface area (Å²) >= 11 is 0. The topological polar surface area (TPSA) is 68.2 Å². The van der Waals surface area contributed by atoms with E-state index in [-0.39, 0.29) is 17.7 Å². The maximum absolute atomic E-state index is 10.1. The lowest BCUT2D eigenvalue weighted by Gasteiger charge is -2.41. The number of rotatable bonds is 5. The Morgan fingerprint density at radius 3 is 2.25 bits per heavy atom. The molecule has 0 aromatic heterocycles. The van der Waals surface area contributed by atoms with Crippen molar-refractivity contribution in [3.8, 4) is 0 Å². The average Bonchev–Trinajstić information content (AvgIpc) is 2.64. The van der Waals surface area contributed by atoms with Gasteiger partial charge < -0.3 is 24.1 Å². The summed E-state index contributed by atoms with van der Waals surface area (Å²) < 4.78 is 17.6. The predicted molar refractivity (Wildman–Crippen MR) is 80.1 cm³/mol. The number of ether oxygens (including phenoxy) is 2. The third-order valence-corrected chi connectivity index (χ3v) is 8.67. The second-order valence-corrected chi connectivity index (χ2v) is 12.2. The van der Waals surface area contributed by atoms with Gasteiger partial charge in [0, 0.05) is 0 Å². The molecule has 0 aromatic carbocycles. The highest BCUT2D eigenvalue weighted by Gasteiger charge is 2.46. The largest absolute Gasteiger partial charge is 0.408 e. The Hall–Kier alpha value is 0.0169. The van der Waals surface area contributed by atoms with Gasteiger partial charge in [0.05, 0.1) is 13.2 Å². The maximum Gasteiger partial charge on any atom is 0.192 e. The van der Waals surface area contributed by atoms with E-state index in [2.05, 4.69) is 33.9 Å². The molecule has 1 aliphatic heterocycles. The van der Waals surface area contributed by atoms with Crippen molar-refractivity contribution in [2.24, 2.45) is 0 Å². The van der Waals surface area contributed by atoms with Gasteiger partial charge in [-0.3, -0.25) is 0 Å². The molecule has 0 aliphatic carbocycles. The molecule has 0 radical (unpaired) electrons. The van der Waals surface area contributed by atoms with E-state index in [1.165, 1.54) is 0 Å². The van der Waals surface area contributed by atoms with Crippen LogP contribution < -0.4 is 0 Å². The molecule has 1 saturated heterocycles. The Bertz CT molecular complexity index is 324. The van der Waals surface area contributed by atoms with Crippen LogP contribution in [0.15, 0.2) is 0 Å². The lowest BCUT2D eigenvalue weighted by atomic mass is 10.1. The number of hydrogen-bond donors (Lipinski definition) is 2. The zero-order valence-electron chi connectivity index (χ0n) is 13.8. The van der Waals surface area contributed by atoms with Gasteiger partial charge in [0.25, 0.3) is 0 Å². The van der Waals surface area contributed by atoms with Gasteiger partial charge in [0.2, 0.25) is 0 Å². The standard InChI is InChI=1S/C14H30O5Si/c1-13(2,3)20(6,7)19-12(10(16)8-15)11-9-17-14(4,5)18-11/h10-12,15-16H,8-9H2,1-7H3/t10?,11-,12+/m1/s1. The van der Waals surface area contributed by atoms with E-state index < -0.39 is 26.3 Å². The minimum Gasteiger partial charge on any atom is -0.408 e. The molecule has 1 heterocycles. The molecule has 0 aromatic rings. The van der Waals surface area contributed by atoms with Crippen LogP contribution in [-0.2, 0) is 13.9 Å². The zero-order valence-corrected chi connectivity index (χ0v) is 14.8. The first-order valence-corrected chi connectivity index (χ1v) is 10.1. The van der Waals surface area contributed by atoms with Crippen LogP contribution in [0.5, 0.6) is 0 Å². The Morgan fingerprint density at radius 2 is 1.90 bits per heavy atom. The highest BCUT2D eigenvalue weighted by Crippen LogP contribution is 2.39. The van der Waals surface area contributed by atoms with Crippen LogP contribution in [-0.4, -0.2) is 55.8 Å². The van der Waals surface area contributed by atoms with Gasteiger partial charge in [-0.15, -0.1) is 0 Å². The Morgan fingerprint density at radius 1 is 1.35 bits per heavy atom. The predicted octanol–water partition coefficient (Wildman–Crippen LogP) is 1.88. The third-order valence-electron chi connectivity index (χ3n) is 4.20. The van der Waals surface area contributed by atoms with Gasteiger partial charge >= 0.3 is 0 Å². The van der Waals surface area contributed by atoms with Crippen LogP contribution >= 0.6 is 0 Å². The molecule has 1 fully saturated rings. The highest BCUT2D eigenvalue weighted by molar-refractivity contribution is 6.74. The zero-order chi connectivity index (χ0) is 15.8. The number of aliphatic hydroxyl groups excluding tert-OH is 2. The molecule has 1 rings (SSSR count). The van der Waals surface area contributed by atoms with Gasteiger partial charge in [-0.1, -0.05) is 20.8 Å². The van der Waals surface area contributed by atoms with Crippen molar-refractivity contribution in [3.05, 3.63) is 0 Å². The van der Waals surface area contributed by atoms with Crippen LogP contribution in [0.3, 0.4) is 0 Å². The molecule has 6 heteroatoms. The summed E-state index contributed by atoms with van der Waals surface area (Å²) in [4.78, 5) is 0. The summed E-state index contributed by atoms with van der Waals surface area (Å²) in [5.41, 5.74) is 0. The molecule has 120 valence electrons. The summed E-state index contributed by atoms with van der Waals surface area (Å²) in [5, 5.41) is 19.4. The molecular weight excluding hydrogens is 276 g/mol. The molecular formula is C14H30O5Si. The Labute approximate surface area is 123 Å². The molecule has 20 heavy (non-hydrogen) atoms. The SMILES string of the molecule is CC1(C)OC[C@H]([C@@H](O[Si](C)(C)C(C)(C)C)C(O)CO)O1. The fourth-order valence-electron chi connectivity index (χ4n) is 1.90. The van der Waals surface area contributed by atoms with Crippen LogP contribution in [0.25, 0.3) is 0 Å². The fourth-order valence-corrected chi connectivity index (χ4v) is 3.24. The monoisotopic (exact) mass is 306 g/mol. The highest BCUT2D eigenvalue weighted by atomic mass is 28.4. The van der Waals surface area contributed by atoms with Crippen molar-refractivity contribution in [1.29, 1.82) is 0 Å². The van der Waals surface area contributed by atoms with E-state index in [0.717, 1.165) is 0 Å². The quantitative estimate of drug-likeness (QED) is 0.759. The van der Waals surface area contributed by atoms with E-state index in [1.54, 1.807) is 0 Å². The molecule has 0 amide bonds. The minimum atomic E-state index is -2.07. The molecule has 1 aliphatic rings. The third kappa shape index (κ3) is 4.25. The normalized spacial score (nSPS) is 26.6. The second kappa shape index (κ2) is 6.02. The van der Waals surface area contributed by atoms with Crippen molar-refractivity contribution < 1.29 is 24.1 Å². The molecule has 5 nitrogen and oxygen atoms in total. The lowest BCUT2D eigenvalue weighted by molar-refractivity contribution is -0.160. The van der Waals surface area contributed by atoms with Crippen molar-refractivity contribution >= 4 is 8.32 Å². The molecule has 2 N–H and O–H groups in total. The molecule has 0 bridgehead atoms. The molecule has 0 spiro atoms. The van der Waals surface area contributed by atoms with E-state index in [4.69, 9.17) is 13.9 Å². The summed E-state index contributed by atoms with van der Waals surface area (Å²) in [5.74, 6) is -0.672. The lowest BCUT2D eigenvalue weighted by Crippen LogP contribution is -2.53. The number of aliphatic hydroxyl groups is 2.